The molecule has 0 unspecified atom stereocenters. The number of fused-ring (bicyclic) bond motifs is 4. The van der Waals surface area contributed by atoms with Crippen molar-refractivity contribution in [3.8, 4) is 78.6 Å². The first-order valence-corrected chi connectivity index (χ1v) is 21.3. The summed E-state index contributed by atoms with van der Waals surface area (Å²) in [5.41, 5.74) is 15.3. The Labute approximate surface area is 386 Å². The second-order valence-corrected chi connectivity index (χ2v) is 17.1. The number of pyridine rings is 1. The second-order valence-electron chi connectivity index (χ2n) is 17.1. The molecule has 0 atom stereocenters. The van der Waals surface area contributed by atoms with E-state index in [1.54, 1.807) is 6.07 Å². The summed E-state index contributed by atoms with van der Waals surface area (Å²) in [5, 5.41) is 14.0. The molecule has 64 heavy (non-hydrogen) atoms. The van der Waals surface area contributed by atoms with Crippen LogP contribution in [-0.2, 0) is 26.5 Å². The van der Waals surface area contributed by atoms with E-state index < -0.39 is 0 Å². The molecule has 0 amide bonds. The number of hydrogen-bond acceptors (Lipinski definition) is 4. The predicted molar refractivity (Wildman–Crippen MR) is 258 cm³/mol. The van der Waals surface area contributed by atoms with Crippen LogP contribution in [0.4, 0.5) is 0 Å². The quantitative estimate of drug-likeness (QED) is 0.162. The second kappa shape index (κ2) is 16.4. The van der Waals surface area contributed by atoms with Gasteiger partial charge in [0.2, 0.25) is 0 Å². The smallest absolute Gasteiger partial charge is 0.152 e. The van der Waals surface area contributed by atoms with Crippen LogP contribution in [0.2, 0.25) is 0 Å². The van der Waals surface area contributed by atoms with Crippen molar-refractivity contribution in [3.63, 3.8) is 0 Å². The zero-order chi connectivity index (χ0) is 42.7. The number of hydrogen-bond donors (Lipinski definition) is 1. The molecule has 0 bridgehead atoms. The third-order valence-corrected chi connectivity index (χ3v) is 12.0. The van der Waals surface area contributed by atoms with Gasteiger partial charge in [0, 0.05) is 54.9 Å². The summed E-state index contributed by atoms with van der Waals surface area (Å²) in [6.45, 7) is 6.70. The van der Waals surface area contributed by atoms with Crippen molar-refractivity contribution in [2.75, 3.05) is 0 Å². The van der Waals surface area contributed by atoms with Crippen LogP contribution in [0, 0.1) is 6.07 Å². The molecule has 0 radical (unpaired) electrons. The molecular weight excluding hydrogens is 966 g/mol. The molecule has 11 aromatic rings. The van der Waals surface area contributed by atoms with Gasteiger partial charge in [-0.3, -0.25) is 9.55 Å². The zero-order valence-electron chi connectivity index (χ0n) is 35.5. The van der Waals surface area contributed by atoms with E-state index >= 15 is 0 Å². The molecule has 0 aliphatic heterocycles. The average molecular weight is 1010 g/mol. The molecule has 11 rings (SSSR count). The minimum atomic E-state index is -0.177. The van der Waals surface area contributed by atoms with E-state index in [-0.39, 0.29) is 32.2 Å². The summed E-state index contributed by atoms with van der Waals surface area (Å²) in [6.07, 6.45) is 1.88. The van der Waals surface area contributed by atoms with Crippen molar-refractivity contribution in [1.82, 2.24) is 14.5 Å². The Bertz CT molecular complexity index is 3500. The summed E-state index contributed by atoms with van der Waals surface area (Å²) in [4.78, 5) is 10.5. The molecule has 3 aromatic heterocycles. The van der Waals surface area contributed by atoms with Gasteiger partial charge in [-0.05, 0) is 58.0 Å². The maximum atomic E-state index is 12.1. The fourth-order valence-electron chi connectivity index (χ4n) is 8.85. The summed E-state index contributed by atoms with van der Waals surface area (Å²) in [7, 11) is 0. The number of aromatic hydroxyl groups is 1. The van der Waals surface area contributed by atoms with Gasteiger partial charge in [0.1, 0.15) is 22.5 Å². The molecule has 0 aliphatic rings. The van der Waals surface area contributed by atoms with Crippen LogP contribution < -0.4 is 0 Å². The van der Waals surface area contributed by atoms with Crippen LogP contribution in [-0.4, -0.2) is 19.6 Å². The molecule has 5 nitrogen and oxygen atoms in total. The van der Waals surface area contributed by atoms with Gasteiger partial charge < -0.3 is 9.52 Å². The van der Waals surface area contributed by atoms with Crippen molar-refractivity contribution >= 4 is 33.0 Å². The normalized spacial score (nSPS) is 11.6. The summed E-state index contributed by atoms with van der Waals surface area (Å²) >= 11 is 0. The molecular formula is C58H42N3O2Pt-. The predicted octanol–water partition coefficient (Wildman–Crippen LogP) is 15.1. The van der Waals surface area contributed by atoms with Crippen LogP contribution in [0.1, 0.15) is 26.3 Å². The maximum absolute atomic E-state index is 12.1. The molecule has 0 saturated heterocycles. The number of phenolic OH excluding ortho intramolecular Hbond substituents is 1. The average Bonchev–Trinajstić information content (AvgIpc) is 3.91. The number of imidazole rings is 1. The van der Waals surface area contributed by atoms with E-state index in [9.17, 15) is 5.11 Å². The van der Waals surface area contributed by atoms with E-state index in [1.807, 2.05) is 42.6 Å². The SMILES string of the molecule is CC(C)(C)c1cc(-c2cc(-c3ccccc3)ccn2)[c-]c(-c2cccc3c2nc(-c2c(O)ccc4c2oc2c(-c5ccccc5)cccc24)n3-c2ccccc2-c2ccccc2)c1.[Pt]. The van der Waals surface area contributed by atoms with Crippen molar-refractivity contribution < 1.29 is 30.6 Å². The Morgan fingerprint density at radius 3 is 1.89 bits per heavy atom. The van der Waals surface area contributed by atoms with Gasteiger partial charge in [-0.25, -0.2) is 4.98 Å². The Kier molecular flexibility index (Phi) is 10.4. The van der Waals surface area contributed by atoms with Gasteiger partial charge >= 0.3 is 0 Å². The molecule has 3 heterocycles. The first kappa shape index (κ1) is 40.7. The zero-order valence-corrected chi connectivity index (χ0v) is 37.8. The van der Waals surface area contributed by atoms with Gasteiger partial charge in [0.05, 0.1) is 16.7 Å². The molecule has 6 heteroatoms. The van der Waals surface area contributed by atoms with E-state index in [4.69, 9.17) is 14.4 Å². The van der Waals surface area contributed by atoms with Gasteiger partial charge in [0.25, 0.3) is 0 Å². The summed E-state index contributed by atoms with van der Waals surface area (Å²) in [5.74, 6) is 0.639. The van der Waals surface area contributed by atoms with E-state index in [1.165, 1.54) is 0 Å². The number of phenols is 1. The van der Waals surface area contributed by atoms with E-state index in [0.717, 1.165) is 94.4 Å². The first-order chi connectivity index (χ1) is 30.8. The molecule has 0 aliphatic carbocycles. The minimum Gasteiger partial charge on any atom is -0.507 e. The Morgan fingerprint density at radius 2 is 1.16 bits per heavy atom. The Balaban J connectivity index is 0.00000484. The number of benzene rings is 8. The number of aromatic nitrogens is 3. The standard InChI is InChI=1S/C58H42N3O2.Pt/c1-58(2,3)43-34-41(33-42(35-43)49-36-40(31-32-59-49)37-17-7-4-8-18-37)45-24-16-28-51-54(45)60-57(61(51)50-27-14-13-23-44(50)38-19-9-5-10-20-38)53-52(62)30-29-48-47-26-15-25-46(55(47)63-56(48)53)39-21-11-6-12-22-39;/h4-32,34-36,62H,1-3H3;/q-1;. The van der Waals surface area contributed by atoms with E-state index in [2.05, 4.69) is 177 Å². The Hall–Kier alpha value is -7.33. The van der Waals surface area contributed by atoms with Gasteiger partial charge in [-0.2, -0.15) is 0 Å². The van der Waals surface area contributed by atoms with Crippen molar-refractivity contribution in [3.05, 3.63) is 206 Å². The molecule has 0 spiro atoms. The summed E-state index contributed by atoms with van der Waals surface area (Å²) < 4.78 is 9.13. The van der Waals surface area contributed by atoms with Crippen molar-refractivity contribution in [2.24, 2.45) is 0 Å². The van der Waals surface area contributed by atoms with Gasteiger partial charge in [-0.1, -0.05) is 177 Å². The van der Waals surface area contributed by atoms with Crippen molar-refractivity contribution in [1.29, 1.82) is 0 Å². The third kappa shape index (κ3) is 7.12. The number of furan rings is 1. The first-order valence-electron chi connectivity index (χ1n) is 21.3. The maximum Gasteiger partial charge on any atom is 0.152 e. The molecule has 8 aromatic carbocycles. The van der Waals surface area contributed by atoms with Crippen LogP contribution in [0.5, 0.6) is 5.75 Å². The van der Waals surface area contributed by atoms with Crippen LogP contribution in [0.15, 0.2) is 199 Å². The molecule has 0 fully saturated rings. The number of nitrogens with zero attached hydrogens (tertiary/aromatic N) is 3. The van der Waals surface area contributed by atoms with Crippen LogP contribution in [0.25, 0.3) is 106 Å². The monoisotopic (exact) mass is 1010 g/mol. The topological polar surface area (TPSA) is 64.1 Å². The van der Waals surface area contributed by atoms with Crippen LogP contribution >= 0.6 is 0 Å². The number of rotatable bonds is 7. The van der Waals surface area contributed by atoms with Gasteiger partial charge in [0.15, 0.2) is 5.82 Å². The Morgan fingerprint density at radius 1 is 0.547 bits per heavy atom. The fraction of sp³-hybridized carbons (Fsp3) is 0.0690. The third-order valence-electron chi connectivity index (χ3n) is 12.0. The molecule has 312 valence electrons. The number of para-hydroxylation sites is 3. The van der Waals surface area contributed by atoms with Crippen LogP contribution in [0.3, 0.4) is 0 Å². The summed E-state index contributed by atoms with van der Waals surface area (Å²) in [6, 6.07) is 68.2. The minimum absolute atomic E-state index is 0. The largest absolute Gasteiger partial charge is 0.507 e. The van der Waals surface area contributed by atoms with Crippen molar-refractivity contribution in [2.45, 2.75) is 26.2 Å². The molecule has 1 N–H and O–H groups in total. The van der Waals surface area contributed by atoms with E-state index in [0.29, 0.717) is 17.0 Å². The van der Waals surface area contributed by atoms with Gasteiger partial charge in [-0.15, -0.1) is 29.3 Å². The fourth-order valence-corrected chi connectivity index (χ4v) is 8.85. The molecule has 0 saturated carbocycles.